The summed E-state index contributed by atoms with van der Waals surface area (Å²) in [5.74, 6) is 0.694. The van der Waals surface area contributed by atoms with Crippen molar-refractivity contribution in [1.82, 2.24) is 20.0 Å². The highest BCUT2D eigenvalue weighted by Gasteiger charge is 2.46. The number of nitrogens with zero attached hydrogens (tertiary/aromatic N) is 3. The molecule has 0 radical (unpaired) electrons. The third kappa shape index (κ3) is 5.17. The van der Waals surface area contributed by atoms with Gasteiger partial charge in [-0.25, -0.2) is 0 Å². The van der Waals surface area contributed by atoms with Gasteiger partial charge in [0.15, 0.2) is 0 Å². The molecular formula is C19H36N4O2. The van der Waals surface area contributed by atoms with Crippen LogP contribution < -0.4 is 5.32 Å². The lowest BCUT2D eigenvalue weighted by Crippen LogP contribution is -2.57. The summed E-state index contributed by atoms with van der Waals surface area (Å²) < 4.78 is 0. The standard InChI is InChI=1S/C19H36N4O2/c1-5-21-10-12-22(13-11-21)14-15-23-17(24)6-8-19(23,4)18(25)20-9-7-16(2)3/h16H,5-15H2,1-4H3,(H,20,25)/t19-/m1/s1. The average molecular weight is 353 g/mol. The molecule has 2 amide bonds. The maximum atomic E-state index is 12.7. The van der Waals surface area contributed by atoms with E-state index in [-0.39, 0.29) is 11.8 Å². The second kappa shape index (κ2) is 8.99. The van der Waals surface area contributed by atoms with E-state index in [1.165, 1.54) is 0 Å². The molecule has 2 fully saturated rings. The minimum Gasteiger partial charge on any atom is -0.354 e. The van der Waals surface area contributed by atoms with Gasteiger partial charge >= 0.3 is 0 Å². The van der Waals surface area contributed by atoms with Crippen molar-refractivity contribution in [2.24, 2.45) is 5.92 Å². The fraction of sp³-hybridized carbons (Fsp3) is 0.895. The fourth-order valence-corrected chi connectivity index (χ4v) is 3.74. The van der Waals surface area contributed by atoms with Crippen molar-refractivity contribution in [1.29, 1.82) is 0 Å². The van der Waals surface area contributed by atoms with E-state index in [4.69, 9.17) is 0 Å². The highest BCUT2D eigenvalue weighted by Crippen LogP contribution is 2.30. The number of rotatable bonds is 8. The average Bonchev–Trinajstić information content (AvgIpc) is 2.89. The van der Waals surface area contributed by atoms with Gasteiger partial charge in [-0.1, -0.05) is 20.8 Å². The topological polar surface area (TPSA) is 55.9 Å². The summed E-state index contributed by atoms with van der Waals surface area (Å²) in [6, 6.07) is 0. The van der Waals surface area contributed by atoms with Gasteiger partial charge in [0.1, 0.15) is 5.54 Å². The van der Waals surface area contributed by atoms with E-state index in [0.29, 0.717) is 31.8 Å². The van der Waals surface area contributed by atoms with Crippen molar-refractivity contribution in [2.75, 3.05) is 52.4 Å². The van der Waals surface area contributed by atoms with Crippen LogP contribution in [0.25, 0.3) is 0 Å². The summed E-state index contributed by atoms with van der Waals surface area (Å²) in [5.41, 5.74) is -0.681. The first-order chi connectivity index (χ1) is 11.9. The quantitative estimate of drug-likeness (QED) is 0.712. The number of carbonyl (C=O) groups excluding carboxylic acids is 2. The smallest absolute Gasteiger partial charge is 0.245 e. The molecule has 0 saturated carbocycles. The van der Waals surface area contributed by atoms with Crippen LogP contribution in [-0.4, -0.2) is 84.4 Å². The Hall–Kier alpha value is -1.14. The molecule has 6 nitrogen and oxygen atoms in total. The van der Waals surface area contributed by atoms with Crippen molar-refractivity contribution in [3.05, 3.63) is 0 Å². The molecule has 0 aromatic rings. The highest BCUT2D eigenvalue weighted by molar-refractivity contribution is 5.94. The van der Waals surface area contributed by atoms with Crippen molar-refractivity contribution in [3.8, 4) is 0 Å². The summed E-state index contributed by atoms with van der Waals surface area (Å²) >= 11 is 0. The van der Waals surface area contributed by atoms with Crippen LogP contribution in [0, 0.1) is 5.92 Å². The van der Waals surface area contributed by atoms with Gasteiger partial charge in [-0.3, -0.25) is 14.5 Å². The molecule has 0 aromatic carbocycles. The van der Waals surface area contributed by atoms with Gasteiger partial charge in [-0.2, -0.15) is 0 Å². The molecule has 2 aliphatic rings. The van der Waals surface area contributed by atoms with Gasteiger partial charge in [0.2, 0.25) is 11.8 Å². The monoisotopic (exact) mass is 352 g/mol. The van der Waals surface area contributed by atoms with E-state index in [1.54, 1.807) is 0 Å². The molecule has 6 heteroatoms. The zero-order valence-electron chi connectivity index (χ0n) is 16.5. The molecule has 2 saturated heterocycles. The molecule has 2 heterocycles. The number of likely N-dealkylation sites (N-methyl/N-ethyl adjacent to an activating group) is 1. The maximum Gasteiger partial charge on any atom is 0.245 e. The summed E-state index contributed by atoms with van der Waals surface area (Å²) in [4.78, 5) is 31.8. The van der Waals surface area contributed by atoms with E-state index in [1.807, 2.05) is 11.8 Å². The first kappa shape index (κ1) is 20.2. The third-order valence-corrected chi connectivity index (χ3v) is 5.77. The normalized spacial score (nSPS) is 25.8. The first-order valence-electron chi connectivity index (χ1n) is 9.90. The van der Waals surface area contributed by atoms with Crippen LogP contribution in [0.5, 0.6) is 0 Å². The number of nitrogens with one attached hydrogen (secondary N) is 1. The van der Waals surface area contributed by atoms with E-state index in [2.05, 4.69) is 35.9 Å². The van der Waals surface area contributed by atoms with Crippen LogP contribution in [-0.2, 0) is 9.59 Å². The third-order valence-electron chi connectivity index (χ3n) is 5.77. The van der Waals surface area contributed by atoms with Crippen molar-refractivity contribution >= 4 is 11.8 Å². The Labute approximate surface area is 152 Å². The van der Waals surface area contributed by atoms with Crippen LogP contribution in [0.3, 0.4) is 0 Å². The van der Waals surface area contributed by atoms with Gasteiger partial charge in [-0.05, 0) is 32.2 Å². The van der Waals surface area contributed by atoms with Crippen LogP contribution in [0.15, 0.2) is 0 Å². The molecule has 1 atom stereocenters. The molecule has 1 N–H and O–H groups in total. The number of hydrogen-bond donors (Lipinski definition) is 1. The number of carbonyl (C=O) groups is 2. The molecular weight excluding hydrogens is 316 g/mol. The Morgan fingerprint density at radius 2 is 1.80 bits per heavy atom. The van der Waals surface area contributed by atoms with Crippen LogP contribution in [0.4, 0.5) is 0 Å². The minimum absolute atomic E-state index is 0.00908. The second-order valence-electron chi connectivity index (χ2n) is 8.03. The Bertz CT molecular complexity index is 460. The molecule has 25 heavy (non-hydrogen) atoms. The fourth-order valence-electron chi connectivity index (χ4n) is 3.74. The van der Waals surface area contributed by atoms with Gasteiger partial charge in [0, 0.05) is 52.2 Å². The Morgan fingerprint density at radius 3 is 2.40 bits per heavy atom. The van der Waals surface area contributed by atoms with Crippen LogP contribution in [0.2, 0.25) is 0 Å². The molecule has 0 aliphatic carbocycles. The van der Waals surface area contributed by atoms with E-state index in [0.717, 1.165) is 45.7 Å². The van der Waals surface area contributed by atoms with Gasteiger partial charge in [-0.15, -0.1) is 0 Å². The van der Waals surface area contributed by atoms with Gasteiger partial charge in [0.05, 0.1) is 0 Å². The number of likely N-dealkylation sites (tertiary alicyclic amines) is 1. The predicted octanol–water partition coefficient (Wildman–Crippen LogP) is 1.17. The summed E-state index contributed by atoms with van der Waals surface area (Å²) in [7, 11) is 0. The molecule has 2 rings (SSSR count). The largest absolute Gasteiger partial charge is 0.354 e. The lowest BCUT2D eigenvalue weighted by molar-refractivity contribution is -0.140. The molecule has 0 spiro atoms. The van der Waals surface area contributed by atoms with E-state index < -0.39 is 5.54 Å². The summed E-state index contributed by atoms with van der Waals surface area (Å²) in [6.07, 6.45) is 2.08. The summed E-state index contributed by atoms with van der Waals surface area (Å²) in [6.45, 7) is 16.0. The molecule has 2 aliphatic heterocycles. The van der Waals surface area contributed by atoms with Crippen molar-refractivity contribution in [2.45, 2.75) is 52.5 Å². The maximum absolute atomic E-state index is 12.7. The van der Waals surface area contributed by atoms with E-state index in [9.17, 15) is 9.59 Å². The number of piperazine rings is 1. The first-order valence-corrected chi connectivity index (χ1v) is 9.90. The van der Waals surface area contributed by atoms with Gasteiger partial charge < -0.3 is 15.1 Å². The summed E-state index contributed by atoms with van der Waals surface area (Å²) in [5, 5.41) is 3.05. The molecule has 0 unspecified atom stereocenters. The van der Waals surface area contributed by atoms with E-state index >= 15 is 0 Å². The zero-order chi connectivity index (χ0) is 18.4. The number of hydrogen-bond acceptors (Lipinski definition) is 4. The Kier molecular flexibility index (Phi) is 7.25. The SMILES string of the molecule is CCN1CCN(CCN2C(=O)CC[C@]2(C)C(=O)NCCC(C)C)CC1. The van der Waals surface area contributed by atoms with Crippen LogP contribution >= 0.6 is 0 Å². The van der Waals surface area contributed by atoms with Gasteiger partial charge in [0.25, 0.3) is 0 Å². The second-order valence-corrected chi connectivity index (χ2v) is 8.03. The van der Waals surface area contributed by atoms with Crippen LogP contribution in [0.1, 0.15) is 47.0 Å². The molecule has 0 bridgehead atoms. The van der Waals surface area contributed by atoms with Crippen molar-refractivity contribution in [3.63, 3.8) is 0 Å². The lowest BCUT2D eigenvalue weighted by Gasteiger charge is -2.38. The molecule has 144 valence electrons. The Morgan fingerprint density at radius 1 is 1.16 bits per heavy atom. The molecule has 0 aromatic heterocycles. The van der Waals surface area contributed by atoms with Crippen molar-refractivity contribution < 1.29 is 9.59 Å². The lowest BCUT2D eigenvalue weighted by atomic mass is 9.97. The highest BCUT2D eigenvalue weighted by atomic mass is 16.2. The minimum atomic E-state index is -0.681. The zero-order valence-corrected chi connectivity index (χ0v) is 16.5. The predicted molar refractivity (Wildman–Crippen MR) is 100 cm³/mol. The Balaban J connectivity index is 1.86. The number of amides is 2.